The molecule has 0 aliphatic rings. The Bertz CT molecular complexity index is 526. The molecule has 0 aliphatic carbocycles. The minimum atomic E-state index is 0.197. The monoisotopic (exact) mass is 288 g/mol. The quantitative estimate of drug-likeness (QED) is 0.811. The molecule has 2 unspecified atom stereocenters. The molecule has 5 heteroatoms. The number of aromatic nitrogens is 3. The molecular formula is C16H24N4O. The third kappa shape index (κ3) is 4.12. The maximum Gasteiger partial charge on any atom is 0.100 e. The number of ether oxygens (including phenoxy) is 1. The lowest BCUT2D eigenvalue weighted by Crippen LogP contribution is -2.28. The number of hydrogen-bond donors (Lipinski definition) is 1. The van der Waals surface area contributed by atoms with E-state index in [0.29, 0.717) is 5.92 Å². The summed E-state index contributed by atoms with van der Waals surface area (Å²) >= 11 is 0. The van der Waals surface area contributed by atoms with Gasteiger partial charge in [0.15, 0.2) is 0 Å². The molecule has 21 heavy (non-hydrogen) atoms. The molecule has 1 heterocycles. The van der Waals surface area contributed by atoms with Crippen LogP contribution in [0.4, 0.5) is 0 Å². The van der Waals surface area contributed by atoms with Gasteiger partial charge in [-0.15, -0.1) is 0 Å². The Morgan fingerprint density at radius 2 is 2.05 bits per heavy atom. The van der Waals surface area contributed by atoms with Crippen molar-refractivity contribution in [1.29, 1.82) is 0 Å². The zero-order chi connectivity index (χ0) is 15.1. The van der Waals surface area contributed by atoms with E-state index >= 15 is 0 Å². The molecule has 0 amide bonds. The Balaban J connectivity index is 2.15. The van der Waals surface area contributed by atoms with Gasteiger partial charge in [-0.1, -0.05) is 32.0 Å². The molecule has 1 aromatic carbocycles. The van der Waals surface area contributed by atoms with E-state index in [1.165, 1.54) is 0 Å². The van der Waals surface area contributed by atoms with Gasteiger partial charge in [0.05, 0.1) is 17.9 Å². The number of rotatable bonds is 8. The first kappa shape index (κ1) is 15.7. The number of benzene rings is 1. The molecule has 0 aliphatic heterocycles. The fourth-order valence-corrected chi connectivity index (χ4v) is 2.39. The SMILES string of the molecule is CCNC(c1cnn(-c2ccccc2)n1)C(C)CCOC. The van der Waals surface area contributed by atoms with Crippen LogP contribution >= 0.6 is 0 Å². The van der Waals surface area contributed by atoms with Crippen molar-refractivity contribution in [3.8, 4) is 5.69 Å². The highest BCUT2D eigenvalue weighted by molar-refractivity contribution is 5.28. The fourth-order valence-electron chi connectivity index (χ4n) is 2.39. The average molecular weight is 288 g/mol. The maximum absolute atomic E-state index is 5.18. The molecule has 0 saturated heterocycles. The second kappa shape index (κ2) is 7.90. The molecule has 0 saturated carbocycles. The third-order valence-corrected chi connectivity index (χ3v) is 3.59. The molecule has 2 rings (SSSR count). The molecule has 0 bridgehead atoms. The second-order valence-electron chi connectivity index (χ2n) is 5.19. The summed E-state index contributed by atoms with van der Waals surface area (Å²) in [5, 5.41) is 12.5. The number of nitrogens with one attached hydrogen (secondary N) is 1. The van der Waals surface area contributed by atoms with Gasteiger partial charge in [-0.25, -0.2) is 0 Å². The van der Waals surface area contributed by atoms with Crippen molar-refractivity contribution < 1.29 is 4.74 Å². The van der Waals surface area contributed by atoms with Crippen molar-refractivity contribution in [3.63, 3.8) is 0 Å². The van der Waals surface area contributed by atoms with E-state index in [2.05, 4.69) is 29.4 Å². The summed E-state index contributed by atoms with van der Waals surface area (Å²) < 4.78 is 5.18. The lowest BCUT2D eigenvalue weighted by atomic mass is 9.96. The van der Waals surface area contributed by atoms with E-state index in [1.807, 2.05) is 36.5 Å². The Labute approximate surface area is 126 Å². The van der Waals surface area contributed by atoms with Gasteiger partial charge in [0, 0.05) is 13.7 Å². The van der Waals surface area contributed by atoms with Gasteiger partial charge in [0.2, 0.25) is 0 Å². The minimum absolute atomic E-state index is 0.197. The van der Waals surface area contributed by atoms with Crippen molar-refractivity contribution in [3.05, 3.63) is 42.2 Å². The van der Waals surface area contributed by atoms with Crippen molar-refractivity contribution >= 4 is 0 Å². The fraction of sp³-hybridized carbons (Fsp3) is 0.500. The third-order valence-electron chi connectivity index (χ3n) is 3.59. The van der Waals surface area contributed by atoms with Crippen LogP contribution in [0.1, 0.15) is 32.0 Å². The Kier molecular flexibility index (Phi) is 5.90. The summed E-state index contributed by atoms with van der Waals surface area (Å²) in [6, 6.07) is 10.2. The molecule has 5 nitrogen and oxygen atoms in total. The maximum atomic E-state index is 5.18. The van der Waals surface area contributed by atoms with E-state index in [0.717, 1.165) is 31.0 Å². The van der Waals surface area contributed by atoms with Crippen molar-refractivity contribution in [1.82, 2.24) is 20.3 Å². The highest BCUT2D eigenvalue weighted by atomic mass is 16.5. The summed E-state index contributed by atoms with van der Waals surface area (Å²) in [4.78, 5) is 1.68. The highest BCUT2D eigenvalue weighted by Crippen LogP contribution is 2.23. The standard InChI is InChI=1S/C16H24N4O/c1-4-17-16(13(2)10-11-21-3)15-12-18-20(19-15)14-8-6-5-7-9-14/h5-9,12-13,16-17H,4,10-11H2,1-3H3. The highest BCUT2D eigenvalue weighted by Gasteiger charge is 2.21. The summed E-state index contributed by atoms with van der Waals surface area (Å²) in [5.74, 6) is 0.436. The van der Waals surface area contributed by atoms with Gasteiger partial charge in [-0.3, -0.25) is 0 Å². The van der Waals surface area contributed by atoms with Crippen LogP contribution < -0.4 is 5.32 Å². The largest absolute Gasteiger partial charge is 0.385 e. The Morgan fingerprint density at radius 3 is 2.71 bits per heavy atom. The lowest BCUT2D eigenvalue weighted by molar-refractivity contribution is 0.170. The number of nitrogens with zero attached hydrogens (tertiary/aromatic N) is 3. The van der Waals surface area contributed by atoms with Crippen LogP contribution in [0.2, 0.25) is 0 Å². The van der Waals surface area contributed by atoms with Crippen LogP contribution in [0.5, 0.6) is 0 Å². The summed E-state index contributed by atoms with van der Waals surface area (Å²) in [5.41, 5.74) is 1.95. The molecule has 0 fully saturated rings. The normalized spacial score (nSPS) is 14.0. The van der Waals surface area contributed by atoms with Crippen LogP contribution in [-0.2, 0) is 4.74 Å². The van der Waals surface area contributed by atoms with Gasteiger partial charge in [0.1, 0.15) is 5.69 Å². The van der Waals surface area contributed by atoms with Gasteiger partial charge in [0.25, 0.3) is 0 Å². The number of methoxy groups -OCH3 is 1. The zero-order valence-corrected chi connectivity index (χ0v) is 13.0. The van der Waals surface area contributed by atoms with Crippen molar-refractivity contribution in [2.45, 2.75) is 26.3 Å². The summed E-state index contributed by atoms with van der Waals surface area (Å²) in [6.07, 6.45) is 2.84. The second-order valence-corrected chi connectivity index (χ2v) is 5.19. The molecule has 2 atom stereocenters. The van der Waals surface area contributed by atoms with Crippen molar-refractivity contribution in [2.24, 2.45) is 5.92 Å². The van der Waals surface area contributed by atoms with Gasteiger partial charge in [-0.05, 0) is 31.0 Å². The minimum Gasteiger partial charge on any atom is -0.385 e. The van der Waals surface area contributed by atoms with Gasteiger partial charge < -0.3 is 10.1 Å². The first-order valence-corrected chi connectivity index (χ1v) is 7.46. The Morgan fingerprint density at radius 1 is 1.29 bits per heavy atom. The molecule has 1 N–H and O–H groups in total. The number of para-hydroxylation sites is 1. The van der Waals surface area contributed by atoms with E-state index in [9.17, 15) is 0 Å². The summed E-state index contributed by atoms with van der Waals surface area (Å²) in [7, 11) is 1.74. The van der Waals surface area contributed by atoms with Crippen LogP contribution in [0.3, 0.4) is 0 Å². The van der Waals surface area contributed by atoms with Crippen LogP contribution in [0, 0.1) is 5.92 Å². The zero-order valence-electron chi connectivity index (χ0n) is 13.0. The van der Waals surface area contributed by atoms with Gasteiger partial charge in [-0.2, -0.15) is 15.0 Å². The molecule has 1 aromatic heterocycles. The average Bonchev–Trinajstić information content (AvgIpc) is 3.00. The first-order valence-electron chi connectivity index (χ1n) is 7.46. The molecular weight excluding hydrogens is 264 g/mol. The lowest BCUT2D eigenvalue weighted by Gasteiger charge is -2.22. The van der Waals surface area contributed by atoms with Gasteiger partial charge >= 0.3 is 0 Å². The molecule has 0 radical (unpaired) electrons. The first-order chi connectivity index (χ1) is 10.3. The predicted molar refractivity (Wildman–Crippen MR) is 83.4 cm³/mol. The van der Waals surface area contributed by atoms with Crippen LogP contribution in [-0.4, -0.2) is 35.3 Å². The van der Waals surface area contributed by atoms with E-state index in [4.69, 9.17) is 4.74 Å². The van der Waals surface area contributed by atoms with Crippen LogP contribution in [0.15, 0.2) is 36.5 Å². The smallest absolute Gasteiger partial charge is 0.100 e. The Hall–Kier alpha value is -1.72. The molecule has 114 valence electrons. The van der Waals surface area contributed by atoms with E-state index < -0.39 is 0 Å². The van der Waals surface area contributed by atoms with Crippen LogP contribution in [0.25, 0.3) is 5.69 Å². The van der Waals surface area contributed by atoms with E-state index in [1.54, 1.807) is 11.9 Å². The number of hydrogen-bond acceptors (Lipinski definition) is 4. The predicted octanol–water partition coefficient (Wildman–Crippen LogP) is 2.59. The molecule has 0 spiro atoms. The topological polar surface area (TPSA) is 52.0 Å². The van der Waals surface area contributed by atoms with E-state index in [-0.39, 0.29) is 6.04 Å². The van der Waals surface area contributed by atoms with Crippen molar-refractivity contribution in [2.75, 3.05) is 20.3 Å². The summed E-state index contributed by atoms with van der Waals surface area (Å²) in [6.45, 7) is 5.99. The molecule has 2 aromatic rings.